The molecule has 5 aromatic rings. The van der Waals surface area contributed by atoms with E-state index < -0.39 is 5.97 Å². The Labute approximate surface area is 203 Å². The highest BCUT2D eigenvalue weighted by Gasteiger charge is 2.22. The number of esters is 1. The highest BCUT2D eigenvalue weighted by molar-refractivity contribution is 6.11. The number of hydrogen-bond donors (Lipinski definition) is 0. The van der Waals surface area contributed by atoms with Crippen LogP contribution in [0.25, 0.3) is 27.9 Å². The molecule has 0 amide bonds. The van der Waals surface area contributed by atoms with Gasteiger partial charge in [0.25, 0.3) is 0 Å². The molecule has 0 saturated heterocycles. The van der Waals surface area contributed by atoms with Crippen LogP contribution >= 0.6 is 0 Å². The van der Waals surface area contributed by atoms with E-state index in [9.17, 15) is 9.59 Å². The largest absolute Gasteiger partial charge is 0.462 e. The van der Waals surface area contributed by atoms with Crippen LogP contribution in [0, 0.1) is 6.92 Å². The van der Waals surface area contributed by atoms with Gasteiger partial charge in [0, 0.05) is 11.1 Å². The molecule has 0 aliphatic heterocycles. The van der Waals surface area contributed by atoms with Gasteiger partial charge in [0.2, 0.25) is 5.78 Å². The van der Waals surface area contributed by atoms with Crippen molar-refractivity contribution < 1.29 is 14.3 Å². The van der Waals surface area contributed by atoms with Gasteiger partial charge in [0.15, 0.2) is 0 Å². The van der Waals surface area contributed by atoms with Crippen LogP contribution in [0.3, 0.4) is 0 Å². The van der Waals surface area contributed by atoms with Gasteiger partial charge < -0.3 is 4.74 Å². The summed E-state index contributed by atoms with van der Waals surface area (Å²) in [4.78, 5) is 30.7. The summed E-state index contributed by atoms with van der Waals surface area (Å²) in [5.74, 6) is -0.651. The first kappa shape index (κ1) is 22.3. The molecule has 5 nitrogen and oxygen atoms in total. The molecule has 0 unspecified atom stereocenters. The summed E-state index contributed by atoms with van der Waals surface area (Å²) < 4.78 is 6.94. The molecular weight excluding hydrogens is 436 g/mol. The van der Waals surface area contributed by atoms with E-state index in [2.05, 4.69) is 17.1 Å². The molecule has 0 bridgehead atoms. The Morgan fingerprint density at radius 3 is 2.17 bits per heavy atom. The van der Waals surface area contributed by atoms with E-state index in [0.717, 1.165) is 22.3 Å². The van der Waals surface area contributed by atoms with Gasteiger partial charge in [-0.3, -0.25) is 9.20 Å². The number of carbonyl (C=O) groups is 2. The number of rotatable bonds is 6. The molecule has 2 heterocycles. The maximum atomic E-state index is 13.3. The van der Waals surface area contributed by atoms with Crippen molar-refractivity contribution in [3.63, 3.8) is 0 Å². The number of ketones is 1. The third kappa shape index (κ3) is 4.36. The Morgan fingerprint density at radius 2 is 1.49 bits per heavy atom. The van der Waals surface area contributed by atoms with Crippen molar-refractivity contribution >= 4 is 17.3 Å². The summed E-state index contributed by atoms with van der Waals surface area (Å²) in [7, 11) is 0. The molecule has 0 N–H and O–H groups in total. The molecule has 172 valence electrons. The molecule has 5 heteroatoms. The molecule has 0 saturated carbocycles. The number of ether oxygens (including phenoxy) is 1. The monoisotopic (exact) mass is 460 g/mol. The maximum Gasteiger partial charge on any atom is 0.340 e. The molecular formula is C30H24N2O3. The minimum atomic E-state index is -0.468. The predicted molar refractivity (Wildman–Crippen MR) is 137 cm³/mol. The zero-order valence-corrected chi connectivity index (χ0v) is 19.6. The van der Waals surface area contributed by atoms with Crippen molar-refractivity contribution in [2.45, 2.75) is 13.8 Å². The van der Waals surface area contributed by atoms with Crippen molar-refractivity contribution in [2.75, 3.05) is 6.61 Å². The minimum Gasteiger partial charge on any atom is -0.462 e. The molecule has 0 aliphatic carbocycles. The number of benzene rings is 3. The summed E-state index contributed by atoms with van der Waals surface area (Å²) in [5, 5.41) is 0. The normalized spacial score (nSPS) is 10.9. The molecule has 35 heavy (non-hydrogen) atoms. The molecule has 0 fully saturated rings. The van der Waals surface area contributed by atoms with E-state index in [-0.39, 0.29) is 12.4 Å². The van der Waals surface area contributed by atoms with Crippen molar-refractivity contribution in [3.8, 4) is 22.4 Å². The number of nitrogens with zero attached hydrogens (tertiary/aromatic N) is 2. The second-order valence-corrected chi connectivity index (χ2v) is 8.33. The highest BCUT2D eigenvalue weighted by Crippen LogP contribution is 2.27. The fourth-order valence-electron chi connectivity index (χ4n) is 4.12. The van der Waals surface area contributed by atoms with E-state index in [4.69, 9.17) is 4.74 Å². The molecule has 3 aromatic carbocycles. The summed E-state index contributed by atoms with van der Waals surface area (Å²) in [6.07, 6.45) is 1.60. The van der Waals surface area contributed by atoms with Crippen LogP contribution in [-0.2, 0) is 4.74 Å². The summed E-state index contributed by atoms with van der Waals surface area (Å²) >= 11 is 0. The van der Waals surface area contributed by atoms with E-state index in [0.29, 0.717) is 28.0 Å². The third-order valence-corrected chi connectivity index (χ3v) is 5.99. The highest BCUT2D eigenvalue weighted by atomic mass is 16.5. The Kier molecular flexibility index (Phi) is 5.98. The maximum absolute atomic E-state index is 13.3. The van der Waals surface area contributed by atoms with Gasteiger partial charge in [-0.1, -0.05) is 84.4 Å². The van der Waals surface area contributed by atoms with Crippen LogP contribution in [0.5, 0.6) is 0 Å². The molecule has 0 spiro atoms. The van der Waals surface area contributed by atoms with Gasteiger partial charge in [0.05, 0.1) is 29.1 Å². The van der Waals surface area contributed by atoms with Gasteiger partial charge >= 0.3 is 5.97 Å². The van der Waals surface area contributed by atoms with Gasteiger partial charge in [0.1, 0.15) is 6.33 Å². The lowest BCUT2D eigenvalue weighted by Crippen LogP contribution is -2.05. The lowest BCUT2D eigenvalue weighted by Gasteiger charge is -2.07. The van der Waals surface area contributed by atoms with Gasteiger partial charge in [-0.25, -0.2) is 9.78 Å². The van der Waals surface area contributed by atoms with Gasteiger partial charge in [-0.15, -0.1) is 0 Å². The van der Waals surface area contributed by atoms with Crippen LogP contribution < -0.4 is 0 Å². The molecule has 0 radical (unpaired) electrons. The number of fused-ring (bicyclic) bond motifs is 1. The third-order valence-electron chi connectivity index (χ3n) is 5.99. The first-order valence-electron chi connectivity index (χ1n) is 11.5. The Bertz CT molecular complexity index is 1520. The van der Waals surface area contributed by atoms with E-state index in [1.807, 2.05) is 67.6 Å². The van der Waals surface area contributed by atoms with Crippen LogP contribution in [-0.4, -0.2) is 27.7 Å². The molecule has 0 aliphatic rings. The number of aryl methyl sites for hydroxylation is 1. The van der Waals surface area contributed by atoms with E-state index in [1.165, 1.54) is 0 Å². The Balaban J connectivity index is 1.58. The van der Waals surface area contributed by atoms with E-state index in [1.54, 1.807) is 35.9 Å². The quantitative estimate of drug-likeness (QED) is 0.218. The zero-order valence-electron chi connectivity index (χ0n) is 19.6. The van der Waals surface area contributed by atoms with Crippen LogP contribution in [0.15, 0.2) is 97.3 Å². The molecule has 5 rings (SSSR count). The Hall–Kier alpha value is -4.51. The van der Waals surface area contributed by atoms with Gasteiger partial charge in [-0.05, 0) is 37.1 Å². The number of hydrogen-bond acceptors (Lipinski definition) is 4. The van der Waals surface area contributed by atoms with Crippen LogP contribution in [0.1, 0.15) is 38.9 Å². The summed E-state index contributed by atoms with van der Waals surface area (Å²) in [5.41, 5.74) is 6.76. The second kappa shape index (κ2) is 9.39. The number of carbonyl (C=O) groups excluding carboxylic acids is 2. The number of aromatic nitrogens is 2. The summed E-state index contributed by atoms with van der Waals surface area (Å²) in [6.45, 7) is 3.98. The topological polar surface area (TPSA) is 60.7 Å². The second-order valence-electron chi connectivity index (χ2n) is 8.33. The average molecular weight is 461 g/mol. The van der Waals surface area contributed by atoms with Crippen LogP contribution in [0.2, 0.25) is 0 Å². The lowest BCUT2D eigenvalue weighted by atomic mass is 10.0. The van der Waals surface area contributed by atoms with Gasteiger partial charge in [-0.2, -0.15) is 0 Å². The lowest BCUT2D eigenvalue weighted by molar-refractivity contribution is 0.0529. The standard InChI is InChI=1S/C30H24N2O3/c1-3-35-30(34)25-17-28(29(33)24-11-9-20(2)10-12-24)32-19-31-26(18-27(25)32)23-15-13-22(14-16-23)21-7-5-4-6-8-21/h4-19H,3H2,1-2H3. The fraction of sp³-hybridized carbons (Fsp3) is 0.100. The molecule has 0 atom stereocenters. The SMILES string of the molecule is CCOC(=O)c1cc(C(=O)c2ccc(C)cc2)n2cnc(-c3ccc(-c4ccccc4)cc3)cc12. The first-order valence-corrected chi connectivity index (χ1v) is 11.5. The van der Waals surface area contributed by atoms with Crippen molar-refractivity contribution in [1.29, 1.82) is 0 Å². The zero-order chi connectivity index (χ0) is 24.4. The fourth-order valence-corrected chi connectivity index (χ4v) is 4.12. The smallest absolute Gasteiger partial charge is 0.340 e. The average Bonchev–Trinajstić information content (AvgIpc) is 3.28. The first-order chi connectivity index (χ1) is 17.0. The van der Waals surface area contributed by atoms with Crippen molar-refractivity contribution in [2.24, 2.45) is 0 Å². The van der Waals surface area contributed by atoms with Crippen molar-refractivity contribution in [3.05, 3.63) is 120 Å². The van der Waals surface area contributed by atoms with Crippen molar-refractivity contribution in [1.82, 2.24) is 9.38 Å². The summed E-state index contributed by atoms with van der Waals surface area (Å²) in [6, 6.07) is 29.1. The minimum absolute atomic E-state index is 0.183. The van der Waals surface area contributed by atoms with Crippen LogP contribution in [0.4, 0.5) is 0 Å². The predicted octanol–water partition coefficient (Wildman–Crippen LogP) is 6.38. The van der Waals surface area contributed by atoms with E-state index >= 15 is 0 Å². The molecule has 2 aromatic heterocycles. The Morgan fingerprint density at radius 1 is 0.829 bits per heavy atom.